The fraction of sp³-hybridized carbons (Fsp3) is 0.792. The third kappa shape index (κ3) is 9.01. The predicted molar refractivity (Wildman–Crippen MR) is 119 cm³/mol. The van der Waals surface area contributed by atoms with E-state index in [-0.39, 0.29) is 24.8 Å². The number of aryl methyl sites for hydroxylation is 2. The van der Waals surface area contributed by atoms with Gasteiger partial charge in [-0.1, -0.05) is 20.3 Å². The highest BCUT2D eigenvalue weighted by molar-refractivity contribution is 5.79. The molecule has 31 heavy (non-hydrogen) atoms. The van der Waals surface area contributed by atoms with E-state index < -0.39 is 16.8 Å². The zero-order valence-corrected chi connectivity index (χ0v) is 20.8. The van der Waals surface area contributed by atoms with E-state index >= 15 is 0 Å². The van der Waals surface area contributed by atoms with Crippen molar-refractivity contribution in [3.05, 3.63) is 18.7 Å². The van der Waals surface area contributed by atoms with Crippen LogP contribution in [0.3, 0.4) is 0 Å². The van der Waals surface area contributed by atoms with Gasteiger partial charge in [0.2, 0.25) is 6.33 Å². The van der Waals surface area contributed by atoms with Gasteiger partial charge in [0.05, 0.1) is 37.8 Å². The molecule has 1 unspecified atom stereocenters. The van der Waals surface area contributed by atoms with Crippen LogP contribution in [-0.2, 0) is 37.4 Å². The SMILES string of the molecule is CCCC(C)(C)C(=O)OCC(C)(COC(C)(C)CC)C(=O)OCCCn1cc[n+](C)c1. The molecule has 0 aliphatic carbocycles. The Morgan fingerprint density at radius 1 is 1.00 bits per heavy atom. The summed E-state index contributed by atoms with van der Waals surface area (Å²) in [5, 5.41) is 0. The molecule has 1 aromatic heterocycles. The second-order valence-electron chi connectivity index (χ2n) is 9.98. The van der Waals surface area contributed by atoms with Crippen LogP contribution in [0.2, 0.25) is 0 Å². The maximum Gasteiger partial charge on any atom is 0.317 e. The normalized spacial score (nSPS) is 14.2. The molecule has 0 saturated heterocycles. The number of hydrogen-bond donors (Lipinski definition) is 0. The van der Waals surface area contributed by atoms with Crippen LogP contribution in [0, 0.1) is 10.8 Å². The summed E-state index contributed by atoms with van der Waals surface area (Å²) in [6.45, 7) is 14.6. The predicted octanol–water partition coefficient (Wildman–Crippen LogP) is 3.83. The van der Waals surface area contributed by atoms with Gasteiger partial charge in [0, 0.05) is 6.42 Å². The molecule has 0 aliphatic rings. The zero-order valence-electron chi connectivity index (χ0n) is 20.8. The topological polar surface area (TPSA) is 70.6 Å². The lowest BCUT2D eigenvalue weighted by molar-refractivity contribution is -0.671. The Balaban J connectivity index is 2.73. The Morgan fingerprint density at radius 3 is 2.23 bits per heavy atom. The first-order chi connectivity index (χ1) is 14.3. The fourth-order valence-corrected chi connectivity index (χ4v) is 2.98. The van der Waals surface area contributed by atoms with Crippen LogP contribution < -0.4 is 4.57 Å². The molecule has 0 radical (unpaired) electrons. The zero-order chi connectivity index (χ0) is 23.7. The van der Waals surface area contributed by atoms with Gasteiger partial charge in [-0.3, -0.25) is 9.59 Å². The van der Waals surface area contributed by atoms with Gasteiger partial charge in [0.15, 0.2) is 0 Å². The highest BCUT2D eigenvalue weighted by Crippen LogP contribution is 2.28. The molecule has 1 rings (SSSR count). The number of nitrogens with zero attached hydrogens (tertiary/aromatic N) is 2. The minimum atomic E-state index is -1.07. The van der Waals surface area contributed by atoms with E-state index in [9.17, 15) is 9.59 Å². The maximum atomic E-state index is 13.0. The van der Waals surface area contributed by atoms with Gasteiger partial charge < -0.3 is 14.2 Å². The van der Waals surface area contributed by atoms with Crippen LogP contribution in [0.15, 0.2) is 18.7 Å². The Hall–Kier alpha value is -1.89. The first kappa shape index (κ1) is 27.1. The van der Waals surface area contributed by atoms with E-state index in [4.69, 9.17) is 14.2 Å². The third-order valence-corrected chi connectivity index (χ3v) is 5.69. The Bertz CT molecular complexity index is 711. The maximum absolute atomic E-state index is 13.0. The average Bonchev–Trinajstić information content (AvgIpc) is 3.12. The van der Waals surface area contributed by atoms with E-state index in [1.54, 1.807) is 6.92 Å². The first-order valence-corrected chi connectivity index (χ1v) is 11.3. The van der Waals surface area contributed by atoms with Gasteiger partial charge in [-0.05, 0) is 47.5 Å². The number of rotatable bonds is 14. The van der Waals surface area contributed by atoms with Crippen molar-refractivity contribution in [3.63, 3.8) is 0 Å². The van der Waals surface area contributed by atoms with E-state index in [1.165, 1.54) is 0 Å². The number of imidazole rings is 1. The van der Waals surface area contributed by atoms with Gasteiger partial charge in [0.25, 0.3) is 0 Å². The molecule has 7 nitrogen and oxygen atoms in total. The molecule has 0 fully saturated rings. The highest BCUT2D eigenvalue weighted by Gasteiger charge is 2.40. The van der Waals surface area contributed by atoms with Crippen LogP contribution in [0.1, 0.15) is 74.1 Å². The molecule has 1 atom stereocenters. The third-order valence-electron chi connectivity index (χ3n) is 5.69. The second kappa shape index (κ2) is 11.7. The van der Waals surface area contributed by atoms with E-state index in [0.717, 1.165) is 25.8 Å². The molecule has 0 spiro atoms. The van der Waals surface area contributed by atoms with Crippen molar-refractivity contribution in [3.8, 4) is 0 Å². The van der Waals surface area contributed by atoms with Gasteiger partial charge in [-0.15, -0.1) is 0 Å². The summed E-state index contributed by atoms with van der Waals surface area (Å²) in [4.78, 5) is 25.5. The van der Waals surface area contributed by atoms with Crippen LogP contribution in [0.25, 0.3) is 0 Å². The van der Waals surface area contributed by atoms with Gasteiger partial charge in [-0.25, -0.2) is 9.13 Å². The second-order valence-corrected chi connectivity index (χ2v) is 9.98. The standard InChI is InChI=1S/C24H43N2O5/c1-9-12-22(3,4)20(27)30-17-24(7,18-31-23(5,6)10-2)21(28)29-16-11-13-26-15-14-25(8)19-26/h14-15,19H,9-13,16-18H2,1-8H3/q+1. The summed E-state index contributed by atoms with van der Waals surface area (Å²) >= 11 is 0. The summed E-state index contributed by atoms with van der Waals surface area (Å²) in [7, 11) is 1.96. The number of aromatic nitrogens is 2. The van der Waals surface area contributed by atoms with Gasteiger partial charge >= 0.3 is 11.9 Å². The summed E-state index contributed by atoms with van der Waals surface area (Å²) < 4.78 is 21.2. The lowest BCUT2D eigenvalue weighted by atomic mass is 9.88. The summed E-state index contributed by atoms with van der Waals surface area (Å²) in [5.74, 6) is -0.706. The largest absolute Gasteiger partial charge is 0.465 e. The summed E-state index contributed by atoms with van der Waals surface area (Å²) in [5.41, 5.74) is -2.03. The van der Waals surface area contributed by atoms with Crippen LogP contribution in [-0.4, -0.2) is 41.9 Å². The molecule has 0 N–H and O–H groups in total. The lowest BCUT2D eigenvalue weighted by Gasteiger charge is -2.33. The molecule has 0 saturated carbocycles. The molecule has 0 amide bonds. The van der Waals surface area contributed by atoms with Crippen molar-refractivity contribution >= 4 is 11.9 Å². The molecular weight excluding hydrogens is 396 g/mol. The van der Waals surface area contributed by atoms with E-state index in [1.807, 2.05) is 76.4 Å². The van der Waals surface area contributed by atoms with Crippen molar-refractivity contribution in [2.24, 2.45) is 17.9 Å². The number of ether oxygens (including phenoxy) is 3. The monoisotopic (exact) mass is 439 g/mol. The molecule has 178 valence electrons. The molecule has 0 aromatic carbocycles. The van der Waals surface area contributed by atoms with Crippen molar-refractivity contribution < 1.29 is 28.4 Å². The highest BCUT2D eigenvalue weighted by atomic mass is 16.6. The van der Waals surface area contributed by atoms with Crippen molar-refractivity contribution in [2.45, 2.75) is 86.3 Å². The minimum absolute atomic E-state index is 0.0644. The van der Waals surface area contributed by atoms with Gasteiger partial charge in [0.1, 0.15) is 24.4 Å². The average molecular weight is 440 g/mol. The molecule has 7 heteroatoms. The van der Waals surface area contributed by atoms with E-state index in [2.05, 4.69) is 0 Å². The van der Waals surface area contributed by atoms with Crippen molar-refractivity contribution in [1.29, 1.82) is 0 Å². The number of hydrogen-bond acceptors (Lipinski definition) is 5. The first-order valence-electron chi connectivity index (χ1n) is 11.3. The van der Waals surface area contributed by atoms with Crippen molar-refractivity contribution in [1.82, 2.24) is 4.57 Å². The van der Waals surface area contributed by atoms with Crippen molar-refractivity contribution in [2.75, 3.05) is 19.8 Å². The summed E-state index contributed by atoms with van der Waals surface area (Å²) in [6.07, 6.45) is 9.02. The van der Waals surface area contributed by atoms with E-state index in [0.29, 0.717) is 13.0 Å². The Labute approximate surface area is 188 Å². The molecule has 0 bridgehead atoms. The minimum Gasteiger partial charge on any atom is -0.465 e. The number of carbonyl (C=O) groups excluding carboxylic acids is 2. The molecule has 1 aromatic rings. The van der Waals surface area contributed by atoms with Crippen LogP contribution >= 0.6 is 0 Å². The molecule has 0 aliphatic heterocycles. The Morgan fingerprint density at radius 2 is 1.68 bits per heavy atom. The quantitative estimate of drug-likeness (QED) is 0.250. The number of esters is 2. The molecule has 1 heterocycles. The van der Waals surface area contributed by atoms with Crippen LogP contribution in [0.4, 0.5) is 0 Å². The molecular formula is C24H43N2O5+. The lowest BCUT2D eigenvalue weighted by Crippen LogP contribution is -2.43. The van der Waals surface area contributed by atoms with Gasteiger partial charge in [-0.2, -0.15) is 0 Å². The summed E-state index contributed by atoms with van der Waals surface area (Å²) in [6, 6.07) is 0. The van der Waals surface area contributed by atoms with Crippen LogP contribution in [0.5, 0.6) is 0 Å². The fourth-order valence-electron chi connectivity index (χ4n) is 2.98. The number of carbonyl (C=O) groups is 2. The Kier molecular flexibility index (Phi) is 10.2. The smallest absolute Gasteiger partial charge is 0.317 e.